The highest BCUT2D eigenvalue weighted by Gasteiger charge is 2.59. The van der Waals surface area contributed by atoms with Gasteiger partial charge in [0.1, 0.15) is 0 Å². The van der Waals surface area contributed by atoms with Crippen molar-refractivity contribution in [2.24, 2.45) is 46.3 Å². The Labute approximate surface area is 385 Å². The Balaban J connectivity index is 0.000000242. The molecule has 2 aromatic rings. The van der Waals surface area contributed by atoms with Crippen LogP contribution in [-0.4, -0.2) is 25.5 Å². The van der Waals surface area contributed by atoms with Gasteiger partial charge >= 0.3 is 10.3 Å². The average molecular weight is 888 g/mol. The molecule has 2 N–H and O–H groups in total. The molecular formula is C56H89NO5S. The maximum atomic E-state index is 13.1. The zero-order valence-electron chi connectivity index (χ0n) is 42.4. The van der Waals surface area contributed by atoms with Gasteiger partial charge in [-0.1, -0.05) is 165 Å². The van der Waals surface area contributed by atoms with Crippen LogP contribution in [0.4, 0.5) is 0 Å². The van der Waals surface area contributed by atoms with Crippen LogP contribution in [0.15, 0.2) is 42.0 Å². The average Bonchev–Trinajstić information content (AvgIpc) is 3.54. The third-order valence-corrected chi connectivity index (χ3v) is 17.5. The number of carbonyl (C=O) groups excluding carboxylic acids is 1. The van der Waals surface area contributed by atoms with Crippen LogP contribution in [0.3, 0.4) is 0 Å². The summed E-state index contributed by atoms with van der Waals surface area (Å²) >= 11 is 0. The second-order valence-corrected chi connectivity index (χ2v) is 24.4. The Morgan fingerprint density at radius 1 is 0.762 bits per heavy atom. The first-order chi connectivity index (χ1) is 29.4. The first kappa shape index (κ1) is 51.3. The first-order valence-corrected chi connectivity index (χ1v) is 26.7. The lowest BCUT2D eigenvalue weighted by Gasteiger charge is -2.58. The zero-order chi connectivity index (χ0) is 46.8. The van der Waals surface area contributed by atoms with E-state index in [9.17, 15) is 18.3 Å². The summed E-state index contributed by atoms with van der Waals surface area (Å²) in [6.07, 6.45) is 17.1. The van der Waals surface area contributed by atoms with E-state index in [0.29, 0.717) is 22.5 Å². The molecule has 0 saturated heterocycles. The van der Waals surface area contributed by atoms with E-state index in [1.54, 1.807) is 5.57 Å². The Hall–Kier alpha value is -2.64. The second-order valence-electron chi connectivity index (χ2n) is 23.1. The molecule has 4 aliphatic rings. The van der Waals surface area contributed by atoms with Crippen molar-refractivity contribution in [1.29, 1.82) is 0 Å². The summed E-state index contributed by atoms with van der Waals surface area (Å²) in [4.78, 5) is 13.1. The van der Waals surface area contributed by atoms with E-state index in [0.717, 1.165) is 76.2 Å². The molecule has 7 heteroatoms. The molecule has 0 unspecified atom stereocenters. The van der Waals surface area contributed by atoms with Gasteiger partial charge < -0.3 is 9.29 Å². The molecule has 3 fully saturated rings. The summed E-state index contributed by atoms with van der Waals surface area (Å²) in [6, 6.07) is 9.95. The fraction of sp³-hybridized carbons (Fsp3) is 0.732. The van der Waals surface area contributed by atoms with E-state index in [-0.39, 0.29) is 36.2 Å². The van der Waals surface area contributed by atoms with Crippen LogP contribution in [0.2, 0.25) is 0 Å². The molecule has 8 atom stereocenters. The third-order valence-electron chi connectivity index (χ3n) is 16.6. The summed E-state index contributed by atoms with van der Waals surface area (Å²) in [5.74, 6) is 6.06. The fourth-order valence-electron chi connectivity index (χ4n) is 13.0. The number of nitrogens with one attached hydrogen (secondary N) is 1. The molecule has 0 radical (unpaired) electrons. The maximum absolute atomic E-state index is 13.1. The van der Waals surface area contributed by atoms with Gasteiger partial charge in [-0.05, 0) is 161 Å². The Bertz CT molecular complexity index is 1960. The molecular weight excluding hydrogens is 799 g/mol. The minimum Gasteiger partial charge on any atom is -0.393 e. The normalized spacial score (nSPS) is 27.5. The van der Waals surface area contributed by atoms with Crippen LogP contribution < -0.4 is 8.91 Å². The van der Waals surface area contributed by atoms with E-state index in [1.807, 2.05) is 45.9 Å². The second kappa shape index (κ2) is 20.9. The number of para-hydroxylation sites is 1. The molecule has 0 aromatic heterocycles. The topological polar surface area (TPSA) is 92.7 Å². The van der Waals surface area contributed by atoms with E-state index < -0.39 is 16.2 Å². The highest BCUT2D eigenvalue weighted by atomic mass is 32.2. The van der Waals surface area contributed by atoms with Crippen LogP contribution in [-0.2, 0) is 21.5 Å². The minimum absolute atomic E-state index is 0.0230. The molecule has 6 rings (SSSR count). The molecule has 354 valence electrons. The van der Waals surface area contributed by atoms with Crippen molar-refractivity contribution in [3.05, 3.63) is 75.4 Å². The number of rotatable bonds is 15. The summed E-state index contributed by atoms with van der Waals surface area (Å²) in [5.41, 5.74) is 8.49. The molecule has 0 aliphatic heterocycles. The van der Waals surface area contributed by atoms with Gasteiger partial charge in [0.05, 0.1) is 12.5 Å². The lowest BCUT2D eigenvalue weighted by Crippen LogP contribution is -2.50. The van der Waals surface area contributed by atoms with Crippen LogP contribution >= 0.6 is 0 Å². The quantitative estimate of drug-likeness (QED) is 0.174. The Morgan fingerprint density at radius 3 is 1.89 bits per heavy atom. The summed E-state index contributed by atoms with van der Waals surface area (Å²) in [6.45, 7) is 33.2. The van der Waals surface area contributed by atoms with Gasteiger partial charge in [-0.25, -0.2) is 4.72 Å². The van der Waals surface area contributed by atoms with Gasteiger partial charge in [-0.2, -0.15) is 8.42 Å². The number of carbonyl (C=O) groups is 1. The molecule has 3 saturated carbocycles. The van der Waals surface area contributed by atoms with Gasteiger partial charge in [0.2, 0.25) is 5.91 Å². The molecule has 0 bridgehead atoms. The van der Waals surface area contributed by atoms with Crippen molar-refractivity contribution < 1.29 is 22.5 Å². The molecule has 0 spiro atoms. The molecule has 4 aliphatic carbocycles. The number of hydrogen-bond donors (Lipinski definition) is 2. The van der Waals surface area contributed by atoms with Crippen molar-refractivity contribution in [2.45, 2.75) is 217 Å². The van der Waals surface area contributed by atoms with Crippen LogP contribution in [0, 0.1) is 46.3 Å². The number of hydrogen-bond acceptors (Lipinski definition) is 5. The molecule has 6 nitrogen and oxygen atoms in total. The number of benzene rings is 2. The highest BCUT2D eigenvalue weighted by Crippen LogP contribution is 2.67. The standard InChI is InChI=1S/C29H43NO4S.C27H46O/c1-17(2)22-14-25(20(7)8)27(26(15-22)21(9)10)16-28(31)30-35(32,33)34-29-23(18(3)4)12-11-13-24(29)19(5)6;1-18(2)7-6-8-19(3)23-11-12-24-22-10-9-20-17-21(28)13-15-26(20,4)25(22)14-16-27(23,24)5/h11-15,17-21H,16H2,1-10H3,(H,30,31);9,18-19,21-25,28H,6-8,10-17H2,1-5H3/t;19-,21+,22+,23-,24+,25+,26+,27-/m.1/s1. The SMILES string of the molecule is CC(C)CCC[C@@H](C)[C@H]1CC[C@H]2[C@@H]3CC=C4C[C@@H](O)CC[C@]4(C)[C@H]3CC[C@]12C.CC(C)c1cc(C(C)C)c(CC(=O)NS(=O)(=O)Oc2c(C(C)C)cccc2C(C)C)c(C(C)C)c1. The number of allylic oxidation sites excluding steroid dienone is 1. The Kier molecular flexibility index (Phi) is 17.0. The number of aliphatic hydroxyl groups excluding tert-OH is 1. The summed E-state index contributed by atoms with van der Waals surface area (Å²) < 4.78 is 33.7. The fourth-order valence-corrected chi connectivity index (χ4v) is 13.8. The lowest BCUT2D eigenvalue weighted by molar-refractivity contribution is -0.118. The molecule has 2 aromatic carbocycles. The lowest BCUT2D eigenvalue weighted by atomic mass is 9.47. The maximum Gasteiger partial charge on any atom is 0.409 e. The third kappa shape index (κ3) is 11.7. The van der Waals surface area contributed by atoms with E-state index in [2.05, 4.69) is 99.1 Å². The smallest absolute Gasteiger partial charge is 0.393 e. The summed E-state index contributed by atoms with van der Waals surface area (Å²) in [7, 11) is -4.35. The number of aliphatic hydroxyl groups is 1. The minimum atomic E-state index is -4.35. The van der Waals surface area contributed by atoms with Crippen molar-refractivity contribution in [1.82, 2.24) is 4.72 Å². The number of fused-ring (bicyclic) bond motifs is 5. The highest BCUT2D eigenvalue weighted by molar-refractivity contribution is 7.85. The number of amides is 1. The molecule has 1 amide bonds. The van der Waals surface area contributed by atoms with Crippen molar-refractivity contribution in [3.63, 3.8) is 0 Å². The van der Waals surface area contributed by atoms with Gasteiger partial charge in [0.15, 0.2) is 5.75 Å². The van der Waals surface area contributed by atoms with Crippen molar-refractivity contribution in [3.8, 4) is 5.75 Å². The van der Waals surface area contributed by atoms with Gasteiger partial charge in [-0.15, -0.1) is 0 Å². The van der Waals surface area contributed by atoms with Gasteiger partial charge in [-0.3, -0.25) is 4.79 Å². The van der Waals surface area contributed by atoms with E-state index in [4.69, 9.17) is 4.18 Å². The Morgan fingerprint density at radius 2 is 1.35 bits per heavy atom. The van der Waals surface area contributed by atoms with Gasteiger partial charge in [0, 0.05) is 0 Å². The molecule has 63 heavy (non-hydrogen) atoms. The van der Waals surface area contributed by atoms with Crippen LogP contribution in [0.25, 0.3) is 0 Å². The van der Waals surface area contributed by atoms with E-state index >= 15 is 0 Å². The van der Waals surface area contributed by atoms with Crippen molar-refractivity contribution >= 4 is 16.2 Å². The van der Waals surface area contributed by atoms with Gasteiger partial charge in [0.25, 0.3) is 0 Å². The largest absolute Gasteiger partial charge is 0.409 e. The predicted octanol–water partition coefficient (Wildman–Crippen LogP) is 14.7. The van der Waals surface area contributed by atoms with E-state index in [1.165, 1.54) is 63.4 Å². The van der Waals surface area contributed by atoms with Crippen LogP contribution in [0.1, 0.15) is 237 Å². The monoisotopic (exact) mass is 888 g/mol. The zero-order valence-corrected chi connectivity index (χ0v) is 43.2. The van der Waals surface area contributed by atoms with Crippen molar-refractivity contribution in [2.75, 3.05) is 0 Å². The predicted molar refractivity (Wildman–Crippen MR) is 264 cm³/mol. The first-order valence-electron chi connectivity index (χ1n) is 25.3. The summed E-state index contributed by atoms with van der Waals surface area (Å²) in [5, 5.41) is 10.2. The molecule has 0 heterocycles. The van der Waals surface area contributed by atoms with Crippen LogP contribution in [0.5, 0.6) is 5.75 Å².